The number of methoxy groups -OCH3 is 1. The molecule has 0 saturated carbocycles. The van der Waals surface area contributed by atoms with Crippen molar-refractivity contribution >= 4 is 32.7 Å². The second-order valence-electron chi connectivity index (χ2n) is 3.19. The van der Waals surface area contributed by atoms with Crippen LogP contribution in [0.4, 0.5) is 0 Å². The molecule has 0 aliphatic heterocycles. The van der Waals surface area contributed by atoms with Crippen molar-refractivity contribution in [3.63, 3.8) is 0 Å². The summed E-state index contributed by atoms with van der Waals surface area (Å²) in [5, 5.41) is 10.5. The lowest BCUT2D eigenvalue weighted by molar-refractivity contribution is 0.0690. The number of aromatic carboxylic acids is 1. The number of fused-ring (bicyclic) bond motifs is 1. The number of carboxylic acids is 1. The van der Waals surface area contributed by atoms with Gasteiger partial charge in [-0.25, -0.2) is 9.78 Å². The number of pyridine rings is 1. The van der Waals surface area contributed by atoms with Crippen LogP contribution in [0.5, 0.6) is 5.75 Å². The van der Waals surface area contributed by atoms with Crippen molar-refractivity contribution in [1.82, 2.24) is 4.98 Å². The summed E-state index contributed by atoms with van der Waals surface area (Å²) in [6.07, 6.45) is 0. The Morgan fingerprint density at radius 2 is 2.19 bits per heavy atom. The van der Waals surface area contributed by atoms with Gasteiger partial charge in [0.15, 0.2) is 0 Å². The van der Waals surface area contributed by atoms with E-state index in [0.717, 1.165) is 10.8 Å². The number of carboxylic acid groups (broad SMARTS) is 1. The highest BCUT2D eigenvalue weighted by Crippen LogP contribution is 2.27. The van der Waals surface area contributed by atoms with Gasteiger partial charge in [0, 0.05) is 5.39 Å². The molecule has 2 rings (SSSR count). The van der Waals surface area contributed by atoms with E-state index in [1.165, 1.54) is 6.07 Å². The van der Waals surface area contributed by atoms with Crippen LogP contribution < -0.4 is 4.74 Å². The fourth-order valence-corrected chi connectivity index (χ4v) is 1.96. The quantitative estimate of drug-likeness (QED) is 0.860. The minimum atomic E-state index is -1.04. The minimum Gasteiger partial charge on any atom is -0.497 e. The molecule has 16 heavy (non-hydrogen) atoms. The summed E-state index contributed by atoms with van der Waals surface area (Å²) < 4.78 is 5.59. The van der Waals surface area contributed by atoms with Crippen LogP contribution in [0.3, 0.4) is 0 Å². The molecule has 1 aromatic heterocycles. The molecule has 0 spiro atoms. The molecule has 1 heterocycles. The number of hydrogen-bond acceptors (Lipinski definition) is 3. The van der Waals surface area contributed by atoms with Crippen LogP contribution in [0.15, 0.2) is 28.9 Å². The van der Waals surface area contributed by atoms with Crippen LogP contribution in [-0.4, -0.2) is 23.2 Å². The standard InChI is InChI=1S/C11H8BrNO3/c1-16-7-3-2-6-4-9(11(14)15)13-10(12)8(6)5-7/h2-5H,1H3,(H,14,15). The average molecular weight is 282 g/mol. The highest BCUT2D eigenvalue weighted by atomic mass is 79.9. The summed E-state index contributed by atoms with van der Waals surface area (Å²) in [6.45, 7) is 0. The van der Waals surface area contributed by atoms with E-state index in [2.05, 4.69) is 20.9 Å². The van der Waals surface area contributed by atoms with Gasteiger partial charge in [0.05, 0.1) is 7.11 Å². The number of aromatic nitrogens is 1. The van der Waals surface area contributed by atoms with Crippen LogP contribution in [0.1, 0.15) is 10.5 Å². The van der Waals surface area contributed by atoms with Crippen molar-refractivity contribution in [3.8, 4) is 5.75 Å². The highest BCUT2D eigenvalue weighted by molar-refractivity contribution is 9.10. The Hall–Kier alpha value is -1.62. The zero-order chi connectivity index (χ0) is 11.7. The molecule has 0 fully saturated rings. The van der Waals surface area contributed by atoms with Crippen LogP contribution in [0.2, 0.25) is 0 Å². The van der Waals surface area contributed by atoms with E-state index in [-0.39, 0.29) is 5.69 Å². The third-order valence-electron chi connectivity index (χ3n) is 2.21. The lowest BCUT2D eigenvalue weighted by atomic mass is 10.1. The van der Waals surface area contributed by atoms with E-state index in [4.69, 9.17) is 9.84 Å². The SMILES string of the molecule is COc1ccc2cc(C(=O)O)nc(Br)c2c1. The van der Waals surface area contributed by atoms with E-state index in [0.29, 0.717) is 10.4 Å². The number of rotatable bonds is 2. The molecule has 0 atom stereocenters. The van der Waals surface area contributed by atoms with Crippen LogP contribution in [0, 0.1) is 0 Å². The molecule has 0 aliphatic carbocycles. The zero-order valence-electron chi connectivity index (χ0n) is 8.40. The van der Waals surface area contributed by atoms with Crippen LogP contribution in [0.25, 0.3) is 10.8 Å². The monoisotopic (exact) mass is 281 g/mol. The van der Waals surface area contributed by atoms with E-state index >= 15 is 0 Å². The molecule has 4 nitrogen and oxygen atoms in total. The molecule has 0 unspecified atom stereocenters. The molecule has 0 bridgehead atoms. The van der Waals surface area contributed by atoms with Gasteiger partial charge in [0.25, 0.3) is 0 Å². The largest absolute Gasteiger partial charge is 0.497 e. The number of benzene rings is 1. The maximum absolute atomic E-state index is 10.8. The van der Waals surface area contributed by atoms with E-state index in [1.807, 2.05) is 0 Å². The summed E-state index contributed by atoms with van der Waals surface area (Å²) >= 11 is 3.25. The van der Waals surface area contributed by atoms with Crippen molar-refractivity contribution in [2.24, 2.45) is 0 Å². The number of nitrogens with zero attached hydrogens (tertiary/aromatic N) is 1. The van der Waals surface area contributed by atoms with Gasteiger partial charge in [-0.05, 0) is 39.5 Å². The Labute approximate surface area is 100.0 Å². The first-order valence-corrected chi connectivity index (χ1v) is 5.28. The summed E-state index contributed by atoms with van der Waals surface area (Å²) in [4.78, 5) is 14.7. The maximum Gasteiger partial charge on any atom is 0.354 e. The third kappa shape index (κ3) is 1.86. The minimum absolute atomic E-state index is 0.0181. The predicted octanol–water partition coefficient (Wildman–Crippen LogP) is 2.70. The Morgan fingerprint density at radius 1 is 1.44 bits per heavy atom. The summed E-state index contributed by atoms with van der Waals surface area (Å²) in [6, 6.07) is 6.91. The Kier molecular flexibility index (Phi) is 2.78. The first kappa shape index (κ1) is 10.9. The van der Waals surface area contributed by atoms with E-state index in [9.17, 15) is 4.79 Å². The van der Waals surface area contributed by atoms with Gasteiger partial charge >= 0.3 is 5.97 Å². The number of hydrogen-bond donors (Lipinski definition) is 1. The normalized spacial score (nSPS) is 10.4. The van der Waals surface area contributed by atoms with E-state index in [1.54, 1.807) is 25.3 Å². The van der Waals surface area contributed by atoms with Crippen molar-refractivity contribution < 1.29 is 14.6 Å². The van der Waals surface area contributed by atoms with E-state index < -0.39 is 5.97 Å². The molecule has 0 radical (unpaired) electrons. The van der Waals surface area contributed by atoms with Crippen molar-refractivity contribution in [2.75, 3.05) is 7.11 Å². The number of carbonyl (C=O) groups is 1. The molecule has 1 N–H and O–H groups in total. The predicted molar refractivity (Wildman–Crippen MR) is 63.0 cm³/mol. The fourth-order valence-electron chi connectivity index (χ4n) is 1.42. The zero-order valence-corrected chi connectivity index (χ0v) is 9.98. The summed E-state index contributed by atoms with van der Waals surface area (Å²) in [5.41, 5.74) is 0.0181. The van der Waals surface area contributed by atoms with Gasteiger partial charge in [-0.2, -0.15) is 0 Å². The topological polar surface area (TPSA) is 59.4 Å². The summed E-state index contributed by atoms with van der Waals surface area (Å²) in [5.74, 6) is -0.337. The first-order chi connectivity index (χ1) is 7.61. The van der Waals surface area contributed by atoms with Gasteiger partial charge in [-0.1, -0.05) is 6.07 Å². The average Bonchev–Trinajstić information content (AvgIpc) is 2.28. The lowest BCUT2D eigenvalue weighted by Crippen LogP contribution is -2.00. The highest BCUT2D eigenvalue weighted by Gasteiger charge is 2.09. The molecule has 2 aromatic rings. The molecule has 0 amide bonds. The van der Waals surface area contributed by atoms with Gasteiger partial charge in [-0.3, -0.25) is 0 Å². The Balaban J connectivity index is 2.71. The molecule has 0 aliphatic rings. The van der Waals surface area contributed by atoms with Gasteiger partial charge in [0.2, 0.25) is 0 Å². The molecule has 0 saturated heterocycles. The molecule has 5 heteroatoms. The number of ether oxygens (including phenoxy) is 1. The molecule has 1 aromatic carbocycles. The van der Waals surface area contributed by atoms with Crippen molar-refractivity contribution in [2.45, 2.75) is 0 Å². The maximum atomic E-state index is 10.8. The number of halogens is 1. The van der Waals surface area contributed by atoms with Gasteiger partial charge in [0.1, 0.15) is 16.0 Å². The smallest absolute Gasteiger partial charge is 0.354 e. The Morgan fingerprint density at radius 3 is 2.81 bits per heavy atom. The third-order valence-corrected chi connectivity index (χ3v) is 2.82. The second-order valence-corrected chi connectivity index (χ2v) is 3.94. The Bertz CT molecular complexity index is 568. The van der Waals surface area contributed by atoms with Gasteiger partial charge in [-0.15, -0.1) is 0 Å². The molecule has 82 valence electrons. The fraction of sp³-hybridized carbons (Fsp3) is 0.0909. The van der Waals surface area contributed by atoms with Gasteiger partial charge < -0.3 is 9.84 Å². The molecular formula is C11H8BrNO3. The molecular weight excluding hydrogens is 274 g/mol. The van der Waals surface area contributed by atoms with Crippen molar-refractivity contribution in [3.05, 3.63) is 34.6 Å². The lowest BCUT2D eigenvalue weighted by Gasteiger charge is -2.05. The van der Waals surface area contributed by atoms with Crippen molar-refractivity contribution in [1.29, 1.82) is 0 Å². The van der Waals surface area contributed by atoms with Crippen LogP contribution >= 0.6 is 15.9 Å². The summed E-state index contributed by atoms with van der Waals surface area (Å²) in [7, 11) is 1.58. The first-order valence-electron chi connectivity index (χ1n) is 4.49. The second kappa shape index (κ2) is 4.09. The van der Waals surface area contributed by atoms with Crippen LogP contribution in [-0.2, 0) is 0 Å².